The molecule has 8 nitrogen and oxygen atoms in total. The molecule has 2 amide bonds. The molecule has 0 bridgehead atoms. The number of amides is 2. The number of carbonyl (C=O) groups is 3. The van der Waals surface area contributed by atoms with E-state index in [1.54, 1.807) is 6.20 Å². The van der Waals surface area contributed by atoms with Crippen molar-refractivity contribution in [2.75, 3.05) is 0 Å². The number of aromatic nitrogens is 1. The third-order valence-corrected chi connectivity index (χ3v) is 4.40. The first-order chi connectivity index (χ1) is 12.8. The van der Waals surface area contributed by atoms with Gasteiger partial charge in [0.25, 0.3) is 0 Å². The molecule has 0 aliphatic carbocycles. The Balaban J connectivity index is 2.14. The average molecular weight is 375 g/mol. The highest BCUT2D eigenvalue weighted by Gasteiger charge is 2.28. The van der Waals surface area contributed by atoms with Gasteiger partial charge in [-0.15, -0.1) is 0 Å². The summed E-state index contributed by atoms with van der Waals surface area (Å²) in [6, 6.07) is 6.39. The van der Waals surface area contributed by atoms with Crippen LogP contribution in [-0.4, -0.2) is 39.1 Å². The lowest BCUT2D eigenvalue weighted by Crippen LogP contribution is -2.46. The van der Waals surface area contributed by atoms with Gasteiger partial charge in [-0.2, -0.15) is 0 Å². The lowest BCUT2D eigenvalue weighted by Gasteiger charge is -2.21. The molecule has 0 fully saturated rings. The molecule has 1 heterocycles. The van der Waals surface area contributed by atoms with E-state index in [9.17, 15) is 19.5 Å². The zero-order chi connectivity index (χ0) is 20.0. The molecule has 8 heteroatoms. The maximum atomic E-state index is 12.6. The van der Waals surface area contributed by atoms with Crippen molar-refractivity contribution in [2.45, 2.75) is 39.2 Å². The van der Waals surface area contributed by atoms with E-state index in [1.807, 2.05) is 38.1 Å². The molecular formula is C19H25N3O5. The number of fused-ring (bicyclic) bond motifs is 1. The van der Waals surface area contributed by atoms with Crippen LogP contribution in [0.3, 0.4) is 0 Å². The summed E-state index contributed by atoms with van der Waals surface area (Å²) >= 11 is 0. The number of H-pyrrole nitrogens is 1. The second kappa shape index (κ2) is 9.18. The Bertz CT molecular complexity index is 815. The molecule has 1 unspecified atom stereocenters. The number of hydroxylamine groups is 1. The van der Waals surface area contributed by atoms with Gasteiger partial charge < -0.3 is 15.4 Å². The number of para-hydroxylation sites is 1. The molecule has 0 saturated heterocycles. The highest BCUT2D eigenvalue weighted by molar-refractivity contribution is 5.89. The Labute approximate surface area is 156 Å². The van der Waals surface area contributed by atoms with Crippen molar-refractivity contribution in [3.63, 3.8) is 0 Å². The standard InChI is InChI=1S/C19H25N3O5/c1-11(2)7-12(9-17(23)22-27)18(24)21-16(19(25)26)8-13-10-20-15-6-4-3-5-14(13)15/h3-6,10-12,16,20,27H,7-9H2,1-2H3,(H,21,24)(H,22,23)(H,25,26)/t12?,16-/m0/s1. The summed E-state index contributed by atoms with van der Waals surface area (Å²) in [6.45, 7) is 3.80. The summed E-state index contributed by atoms with van der Waals surface area (Å²) in [5.74, 6) is -2.94. The third kappa shape index (κ3) is 5.55. The van der Waals surface area contributed by atoms with Gasteiger partial charge in [-0.1, -0.05) is 32.0 Å². The largest absolute Gasteiger partial charge is 0.480 e. The minimum absolute atomic E-state index is 0.117. The molecule has 0 aliphatic rings. The predicted octanol–water partition coefficient (Wildman–Crippen LogP) is 1.84. The Kier molecular flexibility index (Phi) is 6.95. The molecule has 2 atom stereocenters. The molecule has 2 rings (SSSR count). The number of rotatable bonds is 9. The quantitative estimate of drug-likeness (QED) is 0.337. The maximum absolute atomic E-state index is 12.6. The van der Waals surface area contributed by atoms with Gasteiger partial charge in [0.15, 0.2) is 0 Å². The van der Waals surface area contributed by atoms with Gasteiger partial charge in [0.1, 0.15) is 6.04 Å². The fraction of sp³-hybridized carbons (Fsp3) is 0.421. The lowest BCUT2D eigenvalue weighted by molar-refractivity contribution is -0.143. The van der Waals surface area contributed by atoms with Crippen LogP contribution in [0.4, 0.5) is 0 Å². The predicted molar refractivity (Wildman–Crippen MR) is 99.1 cm³/mol. The number of aromatic amines is 1. The van der Waals surface area contributed by atoms with Crippen LogP contribution in [0.2, 0.25) is 0 Å². The Morgan fingerprint density at radius 1 is 1.19 bits per heavy atom. The van der Waals surface area contributed by atoms with Gasteiger partial charge in [0.2, 0.25) is 11.8 Å². The monoisotopic (exact) mass is 375 g/mol. The van der Waals surface area contributed by atoms with E-state index < -0.39 is 29.7 Å². The van der Waals surface area contributed by atoms with E-state index in [2.05, 4.69) is 10.3 Å². The lowest BCUT2D eigenvalue weighted by atomic mass is 9.92. The van der Waals surface area contributed by atoms with Crippen LogP contribution in [0.5, 0.6) is 0 Å². The SMILES string of the molecule is CC(C)CC(CC(=O)NO)C(=O)N[C@@H](Cc1c[nH]c2ccccc12)C(=O)O. The molecule has 1 aromatic carbocycles. The normalized spacial score (nSPS) is 13.3. The van der Waals surface area contributed by atoms with Crippen LogP contribution in [0.15, 0.2) is 30.5 Å². The van der Waals surface area contributed by atoms with Crippen molar-refractivity contribution in [3.8, 4) is 0 Å². The average Bonchev–Trinajstić information content (AvgIpc) is 3.03. The van der Waals surface area contributed by atoms with E-state index in [4.69, 9.17) is 5.21 Å². The molecule has 146 valence electrons. The first-order valence-corrected chi connectivity index (χ1v) is 8.83. The number of hydrogen-bond donors (Lipinski definition) is 5. The molecule has 0 saturated carbocycles. The van der Waals surface area contributed by atoms with Gasteiger partial charge in [0.05, 0.1) is 0 Å². The molecule has 0 aliphatic heterocycles. The number of carbonyl (C=O) groups excluding carboxylic acids is 2. The van der Waals surface area contributed by atoms with Gasteiger partial charge in [-0.25, -0.2) is 10.3 Å². The highest BCUT2D eigenvalue weighted by Crippen LogP contribution is 2.20. The van der Waals surface area contributed by atoms with Crippen molar-refractivity contribution >= 4 is 28.7 Å². The number of hydrogen-bond acceptors (Lipinski definition) is 4. The fourth-order valence-electron chi connectivity index (χ4n) is 3.13. The summed E-state index contributed by atoms with van der Waals surface area (Å²) in [5.41, 5.74) is 3.19. The Morgan fingerprint density at radius 2 is 1.89 bits per heavy atom. The van der Waals surface area contributed by atoms with E-state index in [0.29, 0.717) is 6.42 Å². The summed E-state index contributed by atoms with van der Waals surface area (Å²) in [6.07, 6.45) is 2.04. The van der Waals surface area contributed by atoms with Crippen LogP contribution in [0, 0.1) is 11.8 Å². The van der Waals surface area contributed by atoms with Crippen molar-refractivity contribution in [1.29, 1.82) is 0 Å². The van der Waals surface area contributed by atoms with Crippen molar-refractivity contribution in [3.05, 3.63) is 36.0 Å². The van der Waals surface area contributed by atoms with Crippen molar-refractivity contribution in [2.24, 2.45) is 11.8 Å². The Hall–Kier alpha value is -2.87. The molecule has 0 spiro atoms. The molecular weight excluding hydrogens is 350 g/mol. The maximum Gasteiger partial charge on any atom is 0.326 e. The van der Waals surface area contributed by atoms with Crippen molar-refractivity contribution < 1.29 is 24.7 Å². The number of carboxylic acids is 1. The minimum Gasteiger partial charge on any atom is -0.480 e. The zero-order valence-electron chi connectivity index (χ0n) is 15.4. The number of nitrogens with one attached hydrogen (secondary N) is 3. The number of benzene rings is 1. The van der Waals surface area contributed by atoms with Crippen LogP contribution in [0.25, 0.3) is 10.9 Å². The molecule has 5 N–H and O–H groups in total. The number of aliphatic carboxylic acids is 1. The zero-order valence-corrected chi connectivity index (χ0v) is 15.4. The molecule has 27 heavy (non-hydrogen) atoms. The van der Waals surface area contributed by atoms with Gasteiger partial charge in [-0.3, -0.25) is 14.8 Å². The van der Waals surface area contributed by atoms with E-state index in [1.165, 1.54) is 5.48 Å². The van der Waals surface area contributed by atoms with Crippen LogP contribution in [0.1, 0.15) is 32.3 Å². The molecule has 0 radical (unpaired) electrons. The summed E-state index contributed by atoms with van der Waals surface area (Å²) in [4.78, 5) is 38.8. The van der Waals surface area contributed by atoms with Crippen LogP contribution < -0.4 is 10.8 Å². The minimum atomic E-state index is -1.15. The fourth-order valence-corrected chi connectivity index (χ4v) is 3.13. The second-order valence-corrected chi connectivity index (χ2v) is 7.03. The first kappa shape index (κ1) is 20.4. The Morgan fingerprint density at radius 3 is 2.52 bits per heavy atom. The van der Waals surface area contributed by atoms with Gasteiger partial charge in [-0.05, 0) is 24.0 Å². The van der Waals surface area contributed by atoms with E-state index in [0.717, 1.165) is 16.5 Å². The first-order valence-electron chi connectivity index (χ1n) is 8.83. The van der Waals surface area contributed by atoms with Crippen LogP contribution in [-0.2, 0) is 20.8 Å². The topological polar surface area (TPSA) is 132 Å². The summed E-state index contributed by atoms with van der Waals surface area (Å²) < 4.78 is 0. The van der Waals surface area contributed by atoms with Crippen molar-refractivity contribution in [1.82, 2.24) is 15.8 Å². The van der Waals surface area contributed by atoms with E-state index in [-0.39, 0.29) is 18.8 Å². The molecule has 1 aromatic heterocycles. The smallest absolute Gasteiger partial charge is 0.326 e. The number of carboxylic acid groups (broad SMARTS) is 1. The van der Waals surface area contributed by atoms with Gasteiger partial charge >= 0.3 is 5.97 Å². The van der Waals surface area contributed by atoms with Crippen LogP contribution >= 0.6 is 0 Å². The highest BCUT2D eigenvalue weighted by atomic mass is 16.5. The van der Waals surface area contributed by atoms with E-state index >= 15 is 0 Å². The summed E-state index contributed by atoms with van der Waals surface area (Å²) in [7, 11) is 0. The van der Waals surface area contributed by atoms with Gasteiger partial charge in [0, 0.05) is 35.9 Å². The second-order valence-electron chi connectivity index (χ2n) is 7.03. The summed E-state index contributed by atoms with van der Waals surface area (Å²) in [5, 5.41) is 21.7. The third-order valence-electron chi connectivity index (χ3n) is 4.40. The molecule has 2 aromatic rings.